The molecule has 2 unspecified atom stereocenters. The van der Waals surface area contributed by atoms with Crippen LogP contribution in [-0.4, -0.2) is 29.7 Å². The molecule has 3 aromatic rings. The lowest BCUT2D eigenvalue weighted by molar-refractivity contribution is -0.400. The average Bonchev–Trinajstić information content (AvgIpc) is 2.78. The normalized spacial score (nSPS) is 19.9. The lowest BCUT2D eigenvalue weighted by Gasteiger charge is -2.40. The number of halogens is 9. The van der Waals surface area contributed by atoms with Gasteiger partial charge in [0.2, 0.25) is 0 Å². The number of ketones is 1. The number of hydrogen-bond donors (Lipinski definition) is 0. The molecule has 0 saturated heterocycles. The van der Waals surface area contributed by atoms with E-state index >= 15 is 0 Å². The van der Waals surface area contributed by atoms with E-state index in [2.05, 4.69) is 0 Å². The molecular formula is C24H15F9O. The van der Waals surface area contributed by atoms with Gasteiger partial charge in [-0.25, -0.2) is 0 Å². The first kappa shape index (κ1) is 24.1. The summed E-state index contributed by atoms with van der Waals surface area (Å²) in [6.45, 7) is 0. The van der Waals surface area contributed by atoms with Crippen LogP contribution in [0.1, 0.15) is 33.8 Å². The minimum Gasteiger partial charge on any atom is -0.294 e. The zero-order valence-corrected chi connectivity index (χ0v) is 17.0. The van der Waals surface area contributed by atoms with E-state index in [1.807, 2.05) is 0 Å². The molecule has 1 nitrogen and oxygen atoms in total. The maximum absolute atomic E-state index is 14.9. The van der Waals surface area contributed by atoms with Gasteiger partial charge in [0.15, 0.2) is 5.78 Å². The molecule has 0 aliphatic heterocycles. The molecule has 3 aromatic carbocycles. The molecule has 0 fully saturated rings. The van der Waals surface area contributed by atoms with E-state index in [9.17, 15) is 44.3 Å². The Morgan fingerprint density at radius 1 is 0.647 bits per heavy atom. The van der Waals surface area contributed by atoms with Gasteiger partial charge in [0.25, 0.3) is 0 Å². The summed E-state index contributed by atoms with van der Waals surface area (Å²) in [5, 5.41) is 1.19. The summed E-state index contributed by atoms with van der Waals surface area (Å²) in [6.07, 6.45) is -8.04. The van der Waals surface area contributed by atoms with Gasteiger partial charge in [-0.3, -0.25) is 4.79 Å². The molecule has 1 aliphatic rings. The standard InChI is InChI=1S/C24H15F9O/c25-21(26,22(27,28)23(29,30)24(31,32)33)19-12-18(16-9-3-4-10-17(16)20(19)34)15-11-5-7-13-6-1-2-8-14(13)15/h1-11,18-19H,12H2. The Hall–Kier alpha value is -3.04. The number of carbonyl (C=O) groups is 1. The van der Waals surface area contributed by atoms with Gasteiger partial charge >= 0.3 is 23.9 Å². The third-order valence-electron chi connectivity index (χ3n) is 6.19. The average molecular weight is 490 g/mol. The number of Topliss-reactive ketones (excluding diaryl/α,β-unsaturated/α-hetero) is 1. The fourth-order valence-corrected chi connectivity index (χ4v) is 4.45. The van der Waals surface area contributed by atoms with Crippen molar-refractivity contribution in [3.63, 3.8) is 0 Å². The Bertz CT molecular complexity index is 1240. The van der Waals surface area contributed by atoms with E-state index in [4.69, 9.17) is 0 Å². The molecule has 0 spiro atoms. The van der Waals surface area contributed by atoms with Crippen molar-refractivity contribution < 1.29 is 44.3 Å². The molecule has 1 aliphatic carbocycles. The van der Waals surface area contributed by atoms with E-state index in [1.165, 1.54) is 24.3 Å². The van der Waals surface area contributed by atoms with Gasteiger partial charge in [0, 0.05) is 11.5 Å². The van der Waals surface area contributed by atoms with Crippen LogP contribution < -0.4 is 0 Å². The molecule has 0 radical (unpaired) electrons. The maximum Gasteiger partial charge on any atom is 0.460 e. The summed E-state index contributed by atoms with van der Waals surface area (Å²) in [5.74, 6) is -25.8. The van der Waals surface area contributed by atoms with E-state index in [0.717, 1.165) is 6.07 Å². The Morgan fingerprint density at radius 2 is 1.21 bits per heavy atom. The number of hydrogen-bond acceptors (Lipinski definition) is 1. The summed E-state index contributed by atoms with van der Waals surface area (Å²) in [5.41, 5.74) is 0.119. The van der Waals surface area contributed by atoms with Crippen molar-refractivity contribution in [1.29, 1.82) is 0 Å². The number of alkyl halides is 9. The highest BCUT2D eigenvalue weighted by Gasteiger charge is 2.83. The van der Waals surface area contributed by atoms with Crippen LogP contribution in [0.25, 0.3) is 10.8 Å². The molecule has 0 amide bonds. The summed E-state index contributed by atoms with van der Waals surface area (Å²) >= 11 is 0. The Balaban J connectivity index is 1.89. The second-order valence-electron chi connectivity index (χ2n) is 8.13. The van der Waals surface area contributed by atoms with Crippen LogP contribution in [0.5, 0.6) is 0 Å². The Morgan fingerprint density at radius 3 is 1.88 bits per heavy atom. The first-order valence-corrected chi connectivity index (χ1v) is 10.0. The van der Waals surface area contributed by atoms with Crippen LogP contribution in [0.4, 0.5) is 39.5 Å². The van der Waals surface area contributed by atoms with Gasteiger partial charge < -0.3 is 0 Å². The second-order valence-corrected chi connectivity index (χ2v) is 8.13. The third-order valence-corrected chi connectivity index (χ3v) is 6.19. The van der Waals surface area contributed by atoms with Gasteiger partial charge in [-0.1, -0.05) is 66.7 Å². The number of fused-ring (bicyclic) bond motifs is 2. The smallest absolute Gasteiger partial charge is 0.294 e. The minimum atomic E-state index is -7.06. The summed E-state index contributed by atoms with van der Waals surface area (Å²) in [7, 11) is 0. The molecule has 0 aromatic heterocycles. The summed E-state index contributed by atoms with van der Waals surface area (Å²) in [4.78, 5) is 12.8. The Kier molecular flexibility index (Phi) is 5.49. The molecule has 4 rings (SSSR count). The first-order chi connectivity index (χ1) is 15.7. The third kappa shape index (κ3) is 3.37. The topological polar surface area (TPSA) is 17.1 Å². The van der Waals surface area contributed by atoms with Crippen LogP contribution >= 0.6 is 0 Å². The van der Waals surface area contributed by atoms with Crippen molar-refractivity contribution in [1.82, 2.24) is 0 Å². The number of rotatable bonds is 4. The fraction of sp³-hybridized carbons (Fsp3) is 0.292. The van der Waals surface area contributed by atoms with Crippen LogP contribution in [-0.2, 0) is 0 Å². The van der Waals surface area contributed by atoms with E-state index < -0.39 is 53.5 Å². The molecule has 34 heavy (non-hydrogen) atoms. The highest BCUT2D eigenvalue weighted by molar-refractivity contribution is 6.02. The van der Waals surface area contributed by atoms with E-state index in [1.54, 1.807) is 36.4 Å². The largest absolute Gasteiger partial charge is 0.460 e. The molecule has 0 heterocycles. The number of carbonyl (C=O) groups excluding carboxylic acids is 1. The van der Waals surface area contributed by atoms with Crippen molar-refractivity contribution in [3.05, 3.63) is 83.4 Å². The minimum absolute atomic E-state index is 0.196. The quantitative estimate of drug-likeness (QED) is 0.344. The lowest BCUT2D eigenvalue weighted by atomic mass is 9.69. The van der Waals surface area contributed by atoms with Crippen LogP contribution in [0.15, 0.2) is 66.7 Å². The molecule has 2 atom stereocenters. The lowest BCUT2D eigenvalue weighted by Crippen LogP contribution is -2.64. The molecule has 0 N–H and O–H groups in total. The zero-order valence-electron chi connectivity index (χ0n) is 17.0. The van der Waals surface area contributed by atoms with E-state index in [-0.39, 0.29) is 5.56 Å². The van der Waals surface area contributed by atoms with Crippen molar-refractivity contribution in [2.75, 3.05) is 0 Å². The van der Waals surface area contributed by atoms with Gasteiger partial charge in [0.1, 0.15) is 0 Å². The Labute approximate surface area is 187 Å². The molecule has 180 valence electrons. The van der Waals surface area contributed by atoms with Gasteiger partial charge in [-0.2, -0.15) is 39.5 Å². The SMILES string of the molecule is O=C1c2ccccc2C(c2cccc3ccccc23)CC1C(F)(F)C(F)(F)C(F)(F)C(F)(F)F. The fourth-order valence-electron chi connectivity index (χ4n) is 4.45. The van der Waals surface area contributed by atoms with Crippen LogP contribution in [0.2, 0.25) is 0 Å². The van der Waals surface area contributed by atoms with Gasteiger partial charge in [-0.15, -0.1) is 0 Å². The van der Waals surface area contributed by atoms with Crippen LogP contribution in [0, 0.1) is 5.92 Å². The maximum atomic E-state index is 14.9. The molecular weight excluding hydrogens is 475 g/mol. The van der Waals surface area contributed by atoms with Gasteiger partial charge in [-0.05, 0) is 28.3 Å². The molecule has 0 bridgehead atoms. The van der Waals surface area contributed by atoms with E-state index in [0.29, 0.717) is 16.3 Å². The predicted molar refractivity (Wildman–Crippen MR) is 106 cm³/mol. The highest BCUT2D eigenvalue weighted by Crippen LogP contribution is 2.58. The summed E-state index contributed by atoms with van der Waals surface area (Å²) < 4.78 is 123. The monoisotopic (exact) mass is 490 g/mol. The van der Waals surface area contributed by atoms with Gasteiger partial charge in [0.05, 0.1) is 5.92 Å². The summed E-state index contributed by atoms with van der Waals surface area (Å²) in [6, 6.07) is 16.7. The molecule has 0 saturated carbocycles. The van der Waals surface area contributed by atoms with Crippen molar-refractivity contribution in [2.45, 2.75) is 36.3 Å². The molecule has 10 heteroatoms. The van der Waals surface area contributed by atoms with Crippen molar-refractivity contribution in [2.24, 2.45) is 5.92 Å². The highest BCUT2D eigenvalue weighted by atomic mass is 19.4. The van der Waals surface area contributed by atoms with Crippen LogP contribution in [0.3, 0.4) is 0 Å². The predicted octanol–water partition coefficient (Wildman–Crippen LogP) is 7.64. The second kappa shape index (κ2) is 7.74. The van der Waals surface area contributed by atoms with Crippen molar-refractivity contribution in [3.8, 4) is 0 Å². The first-order valence-electron chi connectivity index (χ1n) is 10.0. The number of benzene rings is 3. The van der Waals surface area contributed by atoms with Crippen molar-refractivity contribution >= 4 is 16.6 Å². The zero-order chi connectivity index (χ0) is 25.1.